The maximum absolute atomic E-state index is 12.8. The quantitative estimate of drug-likeness (QED) is 0.512. The van der Waals surface area contributed by atoms with Gasteiger partial charge in [-0.25, -0.2) is 4.99 Å². The second kappa shape index (κ2) is 8.65. The van der Waals surface area contributed by atoms with Crippen LogP contribution in [0.3, 0.4) is 0 Å². The van der Waals surface area contributed by atoms with Crippen molar-refractivity contribution >= 4 is 17.6 Å². The first-order valence-electron chi connectivity index (χ1n) is 9.57. The first-order chi connectivity index (χ1) is 14.6. The summed E-state index contributed by atoms with van der Waals surface area (Å²) in [4.78, 5) is 21.7. The monoisotopic (exact) mass is 402 g/mol. The van der Waals surface area contributed by atoms with E-state index in [0.717, 1.165) is 22.5 Å². The Bertz CT molecular complexity index is 1080. The van der Waals surface area contributed by atoms with Crippen LogP contribution in [-0.2, 0) is 6.54 Å². The number of pyridine rings is 1. The average molecular weight is 402 g/mol. The van der Waals surface area contributed by atoms with Gasteiger partial charge in [0.1, 0.15) is 0 Å². The van der Waals surface area contributed by atoms with Crippen molar-refractivity contribution in [1.82, 2.24) is 10.3 Å². The van der Waals surface area contributed by atoms with Gasteiger partial charge < -0.3 is 14.8 Å². The third-order valence-corrected chi connectivity index (χ3v) is 4.48. The van der Waals surface area contributed by atoms with Gasteiger partial charge in [-0.15, -0.1) is 0 Å². The second-order valence-corrected chi connectivity index (χ2v) is 7.01. The molecule has 1 aromatic heterocycles. The molecule has 0 saturated heterocycles. The molecule has 2 aromatic carbocycles. The number of amides is 1. The molecule has 30 heavy (non-hydrogen) atoms. The van der Waals surface area contributed by atoms with Crippen molar-refractivity contribution in [2.75, 3.05) is 12.1 Å². The molecule has 2 N–H and O–H groups in total. The second-order valence-electron chi connectivity index (χ2n) is 7.01. The molecule has 7 nitrogen and oxygen atoms in total. The lowest BCUT2D eigenvalue weighted by Crippen LogP contribution is -2.36. The Labute approximate surface area is 174 Å². The fourth-order valence-electron chi connectivity index (χ4n) is 3.16. The summed E-state index contributed by atoms with van der Waals surface area (Å²) in [5, 5.41) is 6.08. The lowest BCUT2D eigenvalue weighted by atomic mass is 10.1. The Morgan fingerprint density at radius 3 is 2.60 bits per heavy atom. The molecule has 0 spiro atoms. The molecule has 0 saturated carbocycles. The molecule has 0 atom stereocenters. The summed E-state index contributed by atoms with van der Waals surface area (Å²) in [5.41, 5.74) is 4.33. The summed E-state index contributed by atoms with van der Waals surface area (Å²) >= 11 is 0. The molecule has 7 heteroatoms. The van der Waals surface area contributed by atoms with Crippen LogP contribution < -0.4 is 20.1 Å². The van der Waals surface area contributed by atoms with E-state index in [9.17, 15) is 4.79 Å². The number of fused-ring (bicyclic) bond motifs is 1. The van der Waals surface area contributed by atoms with Gasteiger partial charge in [0.25, 0.3) is 5.91 Å². The number of anilines is 1. The zero-order valence-corrected chi connectivity index (χ0v) is 16.8. The third kappa shape index (κ3) is 4.75. The zero-order valence-electron chi connectivity index (χ0n) is 16.8. The van der Waals surface area contributed by atoms with Crippen molar-refractivity contribution in [2.45, 2.75) is 20.4 Å². The molecule has 0 bridgehead atoms. The van der Waals surface area contributed by atoms with Crippen LogP contribution in [0, 0.1) is 13.8 Å². The Kier molecular flexibility index (Phi) is 5.61. The highest BCUT2D eigenvalue weighted by atomic mass is 16.7. The molecule has 4 rings (SSSR count). The maximum Gasteiger partial charge on any atom is 0.258 e. The van der Waals surface area contributed by atoms with E-state index in [4.69, 9.17) is 9.47 Å². The number of ether oxygens (including phenoxy) is 2. The van der Waals surface area contributed by atoms with Crippen molar-refractivity contribution in [3.8, 4) is 11.5 Å². The molecule has 0 unspecified atom stereocenters. The molecule has 0 aliphatic carbocycles. The first kappa shape index (κ1) is 19.4. The summed E-state index contributed by atoms with van der Waals surface area (Å²) in [6.45, 7) is 4.53. The Morgan fingerprint density at radius 1 is 1.03 bits per heavy atom. The number of hydrogen-bond donors (Lipinski definition) is 2. The molecule has 0 fully saturated rings. The molecule has 1 aliphatic rings. The highest BCUT2D eigenvalue weighted by molar-refractivity contribution is 6.10. The van der Waals surface area contributed by atoms with Crippen molar-refractivity contribution in [3.05, 3.63) is 83.2 Å². The minimum Gasteiger partial charge on any atom is -0.454 e. The number of carbonyl (C=O) groups excluding carboxylic acids is 1. The number of benzene rings is 2. The number of aryl methyl sites for hydroxylation is 2. The number of aromatic nitrogens is 1. The number of rotatable bonds is 4. The first-order valence-corrected chi connectivity index (χ1v) is 9.57. The molecule has 152 valence electrons. The lowest BCUT2D eigenvalue weighted by Gasteiger charge is -2.13. The highest BCUT2D eigenvalue weighted by Gasteiger charge is 2.17. The highest BCUT2D eigenvalue weighted by Crippen LogP contribution is 2.32. The molecular formula is C23H22N4O3. The van der Waals surface area contributed by atoms with E-state index in [2.05, 4.69) is 26.7 Å². The zero-order chi connectivity index (χ0) is 20.9. The van der Waals surface area contributed by atoms with Crippen LogP contribution in [-0.4, -0.2) is 23.6 Å². The minimum absolute atomic E-state index is 0.158. The average Bonchev–Trinajstić information content (AvgIpc) is 3.20. The standard InChI is InChI=1S/C23H22N4O3/c1-15-9-16(2)11-19(10-15)26-23(25-13-18-5-3-4-8-24-18)27-22(28)17-6-7-20-21(12-17)30-14-29-20/h3-12H,13-14H2,1-2H3,(H2,25,26,27,28). The maximum atomic E-state index is 12.8. The van der Waals surface area contributed by atoms with Crippen molar-refractivity contribution in [1.29, 1.82) is 0 Å². The van der Waals surface area contributed by atoms with Crippen molar-refractivity contribution < 1.29 is 14.3 Å². The topological polar surface area (TPSA) is 84.8 Å². The largest absolute Gasteiger partial charge is 0.454 e. The predicted molar refractivity (Wildman–Crippen MR) is 115 cm³/mol. The third-order valence-electron chi connectivity index (χ3n) is 4.48. The van der Waals surface area contributed by atoms with E-state index in [-0.39, 0.29) is 12.7 Å². The normalized spacial score (nSPS) is 12.5. The molecule has 1 aliphatic heterocycles. The summed E-state index contributed by atoms with van der Waals surface area (Å²) in [7, 11) is 0. The fourth-order valence-corrected chi connectivity index (χ4v) is 3.16. The van der Waals surface area contributed by atoms with Crippen LogP contribution in [0.2, 0.25) is 0 Å². The Hall–Kier alpha value is -3.87. The van der Waals surface area contributed by atoms with Gasteiger partial charge in [-0.05, 0) is 67.4 Å². The number of aliphatic imine (C=N–C) groups is 1. The van der Waals surface area contributed by atoms with Gasteiger partial charge in [-0.1, -0.05) is 12.1 Å². The van der Waals surface area contributed by atoms with Gasteiger partial charge in [0.05, 0.1) is 12.2 Å². The summed E-state index contributed by atoms with van der Waals surface area (Å²) < 4.78 is 10.7. The van der Waals surface area contributed by atoms with Crippen LogP contribution in [0.5, 0.6) is 11.5 Å². The van der Waals surface area contributed by atoms with Crippen LogP contribution in [0.1, 0.15) is 27.2 Å². The number of nitrogens with zero attached hydrogens (tertiary/aromatic N) is 2. The van der Waals surface area contributed by atoms with Gasteiger partial charge in [0.2, 0.25) is 12.8 Å². The lowest BCUT2D eigenvalue weighted by molar-refractivity contribution is 0.0976. The molecule has 0 radical (unpaired) electrons. The summed E-state index contributed by atoms with van der Waals surface area (Å²) in [6, 6.07) is 16.8. The van der Waals surface area contributed by atoms with Crippen molar-refractivity contribution in [2.24, 2.45) is 4.99 Å². The molecule has 2 heterocycles. The van der Waals surface area contributed by atoms with Gasteiger partial charge >= 0.3 is 0 Å². The van der Waals surface area contributed by atoms with Gasteiger partial charge in [0.15, 0.2) is 11.5 Å². The molecule has 3 aromatic rings. The van der Waals surface area contributed by atoms with E-state index >= 15 is 0 Å². The van der Waals surface area contributed by atoms with Crippen LogP contribution in [0.4, 0.5) is 5.69 Å². The molecule has 1 amide bonds. The number of nitrogens with one attached hydrogen (secondary N) is 2. The fraction of sp³-hybridized carbons (Fsp3) is 0.174. The van der Waals surface area contributed by atoms with E-state index in [0.29, 0.717) is 29.6 Å². The predicted octanol–water partition coefficient (Wildman–Crippen LogP) is 3.83. The van der Waals surface area contributed by atoms with E-state index in [1.54, 1.807) is 24.4 Å². The van der Waals surface area contributed by atoms with Crippen molar-refractivity contribution in [3.63, 3.8) is 0 Å². The number of guanidine groups is 1. The van der Waals surface area contributed by atoms with Gasteiger partial charge in [-0.2, -0.15) is 0 Å². The minimum atomic E-state index is -0.301. The number of hydrogen-bond acceptors (Lipinski definition) is 5. The van der Waals surface area contributed by atoms with Crippen LogP contribution in [0.25, 0.3) is 0 Å². The van der Waals surface area contributed by atoms with Crippen LogP contribution in [0.15, 0.2) is 65.8 Å². The van der Waals surface area contributed by atoms with E-state index in [1.807, 2.05) is 44.2 Å². The SMILES string of the molecule is Cc1cc(C)cc(NC(=NCc2ccccn2)NC(=O)c2ccc3c(c2)OCO3)c1. The van der Waals surface area contributed by atoms with E-state index in [1.165, 1.54) is 0 Å². The van der Waals surface area contributed by atoms with Gasteiger partial charge in [-0.3, -0.25) is 15.1 Å². The Morgan fingerprint density at radius 2 is 1.83 bits per heavy atom. The summed E-state index contributed by atoms with van der Waals surface area (Å²) in [6.07, 6.45) is 1.72. The van der Waals surface area contributed by atoms with Crippen LogP contribution >= 0.6 is 0 Å². The molecular weight excluding hydrogens is 380 g/mol. The van der Waals surface area contributed by atoms with Gasteiger partial charge in [0, 0.05) is 17.4 Å². The summed E-state index contributed by atoms with van der Waals surface area (Å²) in [5.74, 6) is 1.22. The number of carbonyl (C=O) groups is 1. The smallest absolute Gasteiger partial charge is 0.258 e. The van der Waals surface area contributed by atoms with E-state index < -0.39 is 0 Å². The Balaban J connectivity index is 1.56.